The van der Waals surface area contributed by atoms with Crippen molar-refractivity contribution in [2.75, 3.05) is 6.61 Å². The predicted octanol–water partition coefficient (Wildman–Crippen LogP) is 0.572. The molecule has 2 aromatic rings. The van der Waals surface area contributed by atoms with Crippen LogP contribution in [0.2, 0.25) is 0 Å². The van der Waals surface area contributed by atoms with Gasteiger partial charge in [0.05, 0.1) is 10.6 Å². The van der Waals surface area contributed by atoms with E-state index in [2.05, 4.69) is 5.10 Å². The van der Waals surface area contributed by atoms with E-state index in [1.165, 1.54) is 31.2 Å². The van der Waals surface area contributed by atoms with Crippen molar-refractivity contribution < 1.29 is 33.0 Å². The number of hydrogen-bond acceptors (Lipinski definition) is 6. The Hall–Kier alpha value is -2.88. The molecular formula is C14H14N2O7S. The molecule has 128 valence electrons. The molecule has 0 fully saturated rings. The number of rotatable bonds is 7. The van der Waals surface area contributed by atoms with Crippen LogP contribution >= 0.6 is 0 Å². The minimum absolute atomic E-state index is 0.0387. The number of carbonyl (C=O) groups is 2. The molecule has 0 aliphatic rings. The number of ether oxygens (including phenoxy) is 1. The standard InChI is InChI=1S/C14H14N2O7S/c1-9-13(24(21,22)10-5-3-2-4-6-10)14(23-8-12(19)20)15-16(9)7-11(17)18/h2-6H,7-8H2,1H3,(H,17,18)(H,19,20). The Labute approximate surface area is 137 Å². The number of aromatic nitrogens is 2. The lowest BCUT2D eigenvalue weighted by atomic mass is 10.4. The van der Waals surface area contributed by atoms with E-state index in [1.54, 1.807) is 6.07 Å². The summed E-state index contributed by atoms with van der Waals surface area (Å²) < 4.78 is 31.5. The first-order valence-corrected chi connectivity index (χ1v) is 8.15. The van der Waals surface area contributed by atoms with Crippen LogP contribution in [0, 0.1) is 6.92 Å². The number of carboxylic acid groups (broad SMARTS) is 2. The van der Waals surface area contributed by atoms with Gasteiger partial charge in [-0.2, -0.15) is 0 Å². The van der Waals surface area contributed by atoms with Gasteiger partial charge in [0, 0.05) is 0 Å². The van der Waals surface area contributed by atoms with Gasteiger partial charge in [-0.25, -0.2) is 13.2 Å². The number of hydrogen-bond donors (Lipinski definition) is 2. The van der Waals surface area contributed by atoms with Crippen LogP contribution in [0.25, 0.3) is 0 Å². The van der Waals surface area contributed by atoms with Crippen molar-refractivity contribution in [3.05, 3.63) is 36.0 Å². The molecule has 0 bridgehead atoms. The molecule has 2 N–H and O–H groups in total. The maximum absolute atomic E-state index is 12.8. The number of carboxylic acids is 2. The highest BCUT2D eigenvalue weighted by atomic mass is 32.2. The lowest BCUT2D eigenvalue weighted by Crippen LogP contribution is -2.12. The van der Waals surface area contributed by atoms with Crippen molar-refractivity contribution in [3.8, 4) is 5.88 Å². The molecule has 0 amide bonds. The average molecular weight is 354 g/mol. The van der Waals surface area contributed by atoms with E-state index in [0.717, 1.165) is 4.68 Å². The average Bonchev–Trinajstić information content (AvgIpc) is 2.82. The molecule has 10 heteroatoms. The van der Waals surface area contributed by atoms with Gasteiger partial charge in [-0.15, -0.1) is 5.10 Å². The first-order valence-electron chi connectivity index (χ1n) is 6.67. The summed E-state index contributed by atoms with van der Waals surface area (Å²) in [6.07, 6.45) is 0. The third-order valence-electron chi connectivity index (χ3n) is 3.06. The van der Waals surface area contributed by atoms with Crippen LogP contribution < -0.4 is 4.74 Å². The second kappa shape index (κ2) is 6.71. The van der Waals surface area contributed by atoms with Gasteiger partial charge in [-0.05, 0) is 19.1 Å². The summed E-state index contributed by atoms with van der Waals surface area (Å²) in [5, 5.41) is 21.4. The van der Waals surface area contributed by atoms with Crippen LogP contribution in [0.1, 0.15) is 5.69 Å². The maximum atomic E-state index is 12.8. The lowest BCUT2D eigenvalue weighted by molar-refractivity contribution is -0.140. The minimum Gasteiger partial charge on any atom is -0.480 e. The predicted molar refractivity (Wildman–Crippen MR) is 79.6 cm³/mol. The monoisotopic (exact) mass is 354 g/mol. The highest BCUT2D eigenvalue weighted by molar-refractivity contribution is 7.91. The molecule has 0 spiro atoms. The number of nitrogens with zero attached hydrogens (tertiary/aromatic N) is 2. The van der Waals surface area contributed by atoms with Crippen molar-refractivity contribution in [3.63, 3.8) is 0 Å². The number of aliphatic carboxylic acids is 2. The zero-order valence-corrected chi connectivity index (χ0v) is 13.4. The first-order chi connectivity index (χ1) is 11.2. The molecule has 2 rings (SSSR count). The Bertz CT molecular complexity index is 872. The van der Waals surface area contributed by atoms with Crippen molar-refractivity contribution >= 4 is 21.8 Å². The second-order valence-corrected chi connectivity index (χ2v) is 6.66. The van der Waals surface area contributed by atoms with Crippen molar-refractivity contribution in [1.29, 1.82) is 0 Å². The second-order valence-electron chi connectivity index (χ2n) is 4.77. The molecule has 0 saturated heterocycles. The van der Waals surface area contributed by atoms with E-state index in [1.807, 2.05) is 0 Å². The Kier molecular flexibility index (Phi) is 4.88. The van der Waals surface area contributed by atoms with Gasteiger partial charge in [0.15, 0.2) is 11.5 Å². The van der Waals surface area contributed by atoms with Crippen LogP contribution in [0.3, 0.4) is 0 Å². The largest absolute Gasteiger partial charge is 0.480 e. The fourth-order valence-corrected chi connectivity index (χ4v) is 3.61. The van der Waals surface area contributed by atoms with Crippen LogP contribution in [0.15, 0.2) is 40.1 Å². The molecule has 24 heavy (non-hydrogen) atoms. The van der Waals surface area contributed by atoms with Crippen LogP contribution in [0.5, 0.6) is 5.88 Å². The molecule has 1 heterocycles. The topological polar surface area (TPSA) is 136 Å². The minimum atomic E-state index is -4.06. The molecular weight excluding hydrogens is 340 g/mol. The summed E-state index contributed by atoms with van der Waals surface area (Å²) in [5.74, 6) is -2.99. The molecule has 1 aromatic heterocycles. The fraction of sp³-hybridized carbons (Fsp3) is 0.214. The highest BCUT2D eigenvalue weighted by Crippen LogP contribution is 2.31. The summed E-state index contributed by atoms with van der Waals surface area (Å²) >= 11 is 0. The zero-order chi connectivity index (χ0) is 17.9. The normalized spacial score (nSPS) is 11.2. The van der Waals surface area contributed by atoms with Gasteiger partial charge in [-0.1, -0.05) is 18.2 Å². The number of sulfone groups is 1. The summed E-state index contributed by atoms with van der Waals surface area (Å²) in [7, 11) is -4.06. The van der Waals surface area contributed by atoms with E-state index in [0.29, 0.717) is 0 Å². The summed E-state index contributed by atoms with van der Waals surface area (Å²) in [6.45, 7) is -0.0141. The Morgan fingerprint density at radius 2 is 1.79 bits per heavy atom. The van der Waals surface area contributed by atoms with Crippen molar-refractivity contribution in [2.45, 2.75) is 23.3 Å². The highest BCUT2D eigenvalue weighted by Gasteiger charge is 2.30. The molecule has 0 atom stereocenters. The Morgan fingerprint density at radius 1 is 1.17 bits per heavy atom. The molecule has 0 aliphatic heterocycles. The van der Waals surface area contributed by atoms with Crippen LogP contribution in [-0.4, -0.2) is 47.0 Å². The molecule has 0 radical (unpaired) electrons. The molecule has 0 unspecified atom stereocenters. The maximum Gasteiger partial charge on any atom is 0.341 e. The van der Waals surface area contributed by atoms with Crippen LogP contribution in [0.4, 0.5) is 0 Å². The third kappa shape index (κ3) is 3.54. The van der Waals surface area contributed by atoms with E-state index in [-0.39, 0.29) is 15.5 Å². The van der Waals surface area contributed by atoms with Crippen molar-refractivity contribution in [1.82, 2.24) is 9.78 Å². The van der Waals surface area contributed by atoms with Gasteiger partial charge < -0.3 is 14.9 Å². The first kappa shape index (κ1) is 17.5. The lowest BCUT2D eigenvalue weighted by Gasteiger charge is -2.06. The van der Waals surface area contributed by atoms with Gasteiger partial charge in [-0.3, -0.25) is 9.48 Å². The number of benzene rings is 1. The molecule has 0 saturated carbocycles. The summed E-state index contributed by atoms with van der Waals surface area (Å²) in [5.41, 5.74) is 0.0432. The summed E-state index contributed by atoms with van der Waals surface area (Å²) in [4.78, 5) is 21.2. The van der Waals surface area contributed by atoms with E-state index in [4.69, 9.17) is 14.9 Å². The smallest absolute Gasteiger partial charge is 0.341 e. The quantitative estimate of drug-likeness (QED) is 0.736. The van der Waals surface area contributed by atoms with Gasteiger partial charge in [0.1, 0.15) is 6.54 Å². The summed E-state index contributed by atoms with van der Waals surface area (Å²) in [6, 6.07) is 7.43. The molecule has 9 nitrogen and oxygen atoms in total. The SMILES string of the molecule is Cc1c(S(=O)(=O)c2ccccc2)c(OCC(=O)O)nn1CC(=O)O. The third-order valence-corrected chi connectivity index (χ3v) is 4.96. The van der Waals surface area contributed by atoms with Gasteiger partial charge in [0.2, 0.25) is 9.84 Å². The molecule has 0 aliphatic carbocycles. The fourth-order valence-electron chi connectivity index (χ4n) is 2.04. The van der Waals surface area contributed by atoms with Crippen molar-refractivity contribution in [2.24, 2.45) is 0 Å². The van der Waals surface area contributed by atoms with Gasteiger partial charge in [0.25, 0.3) is 5.88 Å². The van der Waals surface area contributed by atoms with E-state index >= 15 is 0 Å². The van der Waals surface area contributed by atoms with Gasteiger partial charge >= 0.3 is 11.9 Å². The van der Waals surface area contributed by atoms with E-state index < -0.39 is 40.8 Å². The Balaban J connectivity index is 2.59. The zero-order valence-electron chi connectivity index (χ0n) is 12.5. The van der Waals surface area contributed by atoms with E-state index in [9.17, 15) is 18.0 Å². The Morgan fingerprint density at radius 3 is 2.33 bits per heavy atom. The molecule has 1 aromatic carbocycles. The van der Waals surface area contributed by atoms with Crippen LogP contribution in [-0.2, 0) is 26.0 Å².